The van der Waals surface area contributed by atoms with Gasteiger partial charge in [0.15, 0.2) is 5.78 Å². The first-order chi connectivity index (χ1) is 9.76. The minimum Gasteiger partial charge on any atom is -0.494 e. The molecule has 0 aliphatic carbocycles. The zero-order valence-electron chi connectivity index (χ0n) is 12.0. The number of benzene rings is 1. The van der Waals surface area contributed by atoms with Crippen LogP contribution in [0.5, 0.6) is 5.75 Å². The van der Waals surface area contributed by atoms with E-state index in [1.54, 1.807) is 0 Å². The Hall–Kier alpha value is -1.77. The van der Waals surface area contributed by atoms with E-state index in [1.165, 1.54) is 18.5 Å². The first kappa shape index (κ1) is 13.2. The SMILES string of the molecule is CCOc1ccc(C(=O)/C=C2\CC3CCN2CC3)cc1. The van der Waals surface area contributed by atoms with Gasteiger partial charge in [0.2, 0.25) is 0 Å². The second-order valence-electron chi connectivity index (χ2n) is 5.59. The van der Waals surface area contributed by atoms with Gasteiger partial charge in [-0.15, -0.1) is 0 Å². The van der Waals surface area contributed by atoms with E-state index in [-0.39, 0.29) is 5.78 Å². The van der Waals surface area contributed by atoms with Crippen LogP contribution >= 0.6 is 0 Å². The highest BCUT2D eigenvalue weighted by molar-refractivity contribution is 6.04. The van der Waals surface area contributed by atoms with Gasteiger partial charge in [-0.3, -0.25) is 4.79 Å². The van der Waals surface area contributed by atoms with E-state index in [9.17, 15) is 4.79 Å². The molecule has 4 rings (SSSR count). The van der Waals surface area contributed by atoms with Gasteiger partial charge >= 0.3 is 0 Å². The molecule has 3 heterocycles. The van der Waals surface area contributed by atoms with Crippen molar-refractivity contribution >= 4 is 5.78 Å². The molecular weight excluding hydrogens is 250 g/mol. The van der Waals surface area contributed by atoms with Gasteiger partial charge in [-0.25, -0.2) is 0 Å². The molecule has 1 aromatic carbocycles. The molecule has 0 saturated carbocycles. The van der Waals surface area contributed by atoms with E-state index >= 15 is 0 Å². The van der Waals surface area contributed by atoms with Gasteiger partial charge in [0.1, 0.15) is 5.75 Å². The molecule has 3 heteroatoms. The first-order valence-electron chi connectivity index (χ1n) is 7.49. The highest BCUT2D eigenvalue weighted by Gasteiger charge is 2.28. The van der Waals surface area contributed by atoms with Crippen molar-refractivity contribution in [2.45, 2.75) is 26.2 Å². The maximum atomic E-state index is 12.3. The molecule has 2 bridgehead atoms. The van der Waals surface area contributed by atoms with Crippen molar-refractivity contribution in [2.75, 3.05) is 19.7 Å². The van der Waals surface area contributed by atoms with Gasteiger partial charge in [-0.1, -0.05) is 0 Å². The third-order valence-corrected chi connectivity index (χ3v) is 4.27. The monoisotopic (exact) mass is 271 g/mol. The predicted octanol–water partition coefficient (Wildman–Crippen LogP) is 3.27. The van der Waals surface area contributed by atoms with Crippen molar-refractivity contribution in [3.63, 3.8) is 0 Å². The number of ketones is 1. The van der Waals surface area contributed by atoms with E-state index in [4.69, 9.17) is 4.74 Å². The smallest absolute Gasteiger partial charge is 0.187 e. The van der Waals surface area contributed by atoms with Crippen LogP contribution in [0.2, 0.25) is 0 Å². The summed E-state index contributed by atoms with van der Waals surface area (Å²) < 4.78 is 5.40. The van der Waals surface area contributed by atoms with Crippen LogP contribution in [0.3, 0.4) is 0 Å². The van der Waals surface area contributed by atoms with Crippen LogP contribution in [0.1, 0.15) is 36.5 Å². The Labute approximate surface area is 120 Å². The summed E-state index contributed by atoms with van der Waals surface area (Å²) in [4.78, 5) is 14.7. The lowest BCUT2D eigenvalue weighted by Gasteiger charge is -2.42. The fourth-order valence-corrected chi connectivity index (χ4v) is 3.12. The van der Waals surface area contributed by atoms with Gasteiger partial charge < -0.3 is 9.64 Å². The van der Waals surface area contributed by atoms with E-state index < -0.39 is 0 Å². The Bertz CT molecular complexity index is 510. The molecule has 3 fully saturated rings. The topological polar surface area (TPSA) is 29.5 Å². The maximum absolute atomic E-state index is 12.3. The highest BCUT2D eigenvalue weighted by Crippen LogP contribution is 2.34. The number of carbonyl (C=O) groups excluding carboxylic acids is 1. The molecule has 0 aromatic heterocycles. The van der Waals surface area contributed by atoms with Crippen molar-refractivity contribution in [3.8, 4) is 5.75 Å². The maximum Gasteiger partial charge on any atom is 0.187 e. The number of rotatable bonds is 4. The number of nitrogens with zero attached hydrogens (tertiary/aromatic N) is 1. The van der Waals surface area contributed by atoms with E-state index in [0.717, 1.165) is 36.7 Å². The van der Waals surface area contributed by atoms with Crippen LogP contribution in [0, 0.1) is 5.92 Å². The number of carbonyl (C=O) groups is 1. The summed E-state index contributed by atoms with van der Waals surface area (Å²) in [6.45, 7) is 4.84. The molecule has 0 spiro atoms. The normalized spacial score (nSPS) is 20.4. The molecule has 3 aliphatic rings. The molecule has 3 saturated heterocycles. The summed E-state index contributed by atoms with van der Waals surface area (Å²) in [6, 6.07) is 7.42. The fraction of sp³-hybridized carbons (Fsp3) is 0.471. The second kappa shape index (κ2) is 5.70. The Morgan fingerprint density at radius 2 is 2.00 bits per heavy atom. The summed E-state index contributed by atoms with van der Waals surface area (Å²) in [6.07, 6.45) is 5.48. The predicted molar refractivity (Wildman–Crippen MR) is 78.9 cm³/mol. The first-order valence-corrected chi connectivity index (χ1v) is 7.49. The highest BCUT2D eigenvalue weighted by atomic mass is 16.5. The number of piperidine rings is 3. The number of allylic oxidation sites excluding steroid dienone is 2. The number of hydrogen-bond donors (Lipinski definition) is 0. The van der Waals surface area contributed by atoms with Crippen LogP contribution in [0.25, 0.3) is 0 Å². The molecule has 0 unspecified atom stereocenters. The Kier molecular flexibility index (Phi) is 3.77. The fourth-order valence-electron chi connectivity index (χ4n) is 3.12. The lowest BCUT2D eigenvalue weighted by Crippen LogP contribution is -2.39. The molecule has 0 amide bonds. The van der Waals surface area contributed by atoms with E-state index in [2.05, 4.69) is 4.90 Å². The molecule has 0 N–H and O–H groups in total. The zero-order valence-corrected chi connectivity index (χ0v) is 12.0. The van der Waals surface area contributed by atoms with Crippen molar-refractivity contribution in [2.24, 2.45) is 5.92 Å². The van der Waals surface area contributed by atoms with Crippen molar-refractivity contribution in [1.82, 2.24) is 4.90 Å². The average Bonchev–Trinajstić information content (AvgIpc) is 2.49. The van der Waals surface area contributed by atoms with Gasteiger partial charge in [0.25, 0.3) is 0 Å². The Morgan fingerprint density at radius 3 is 2.55 bits per heavy atom. The van der Waals surface area contributed by atoms with Crippen LogP contribution in [0.15, 0.2) is 36.0 Å². The third kappa shape index (κ3) is 2.72. The van der Waals surface area contributed by atoms with Crippen molar-refractivity contribution < 1.29 is 9.53 Å². The van der Waals surface area contributed by atoms with Crippen LogP contribution in [-0.2, 0) is 0 Å². The molecule has 1 aromatic rings. The van der Waals surface area contributed by atoms with Crippen molar-refractivity contribution in [3.05, 3.63) is 41.6 Å². The minimum absolute atomic E-state index is 0.107. The van der Waals surface area contributed by atoms with Gasteiger partial charge in [0.05, 0.1) is 6.61 Å². The number of fused-ring (bicyclic) bond motifs is 3. The number of ether oxygens (including phenoxy) is 1. The zero-order chi connectivity index (χ0) is 13.9. The summed E-state index contributed by atoms with van der Waals surface area (Å²) in [7, 11) is 0. The van der Waals surface area contributed by atoms with Crippen LogP contribution < -0.4 is 4.74 Å². The lowest BCUT2D eigenvalue weighted by atomic mass is 9.85. The van der Waals surface area contributed by atoms with Gasteiger partial charge in [-0.2, -0.15) is 0 Å². The van der Waals surface area contributed by atoms with Gasteiger partial charge in [-0.05, 0) is 56.4 Å². The van der Waals surface area contributed by atoms with E-state index in [1.807, 2.05) is 37.3 Å². The number of hydrogen-bond acceptors (Lipinski definition) is 3. The van der Waals surface area contributed by atoms with Crippen LogP contribution in [0.4, 0.5) is 0 Å². The van der Waals surface area contributed by atoms with Crippen LogP contribution in [-0.4, -0.2) is 30.4 Å². The quantitative estimate of drug-likeness (QED) is 0.622. The summed E-state index contributed by atoms with van der Waals surface area (Å²) in [5, 5.41) is 0. The molecular formula is C17H21NO2. The molecule has 0 atom stereocenters. The molecule has 20 heavy (non-hydrogen) atoms. The minimum atomic E-state index is 0.107. The molecule has 106 valence electrons. The summed E-state index contributed by atoms with van der Waals surface area (Å²) in [5.74, 6) is 1.71. The Balaban J connectivity index is 1.72. The molecule has 3 nitrogen and oxygen atoms in total. The Morgan fingerprint density at radius 1 is 1.30 bits per heavy atom. The van der Waals surface area contributed by atoms with Crippen molar-refractivity contribution in [1.29, 1.82) is 0 Å². The van der Waals surface area contributed by atoms with E-state index in [0.29, 0.717) is 6.61 Å². The third-order valence-electron chi connectivity index (χ3n) is 4.27. The molecule has 0 radical (unpaired) electrons. The summed E-state index contributed by atoms with van der Waals surface area (Å²) >= 11 is 0. The lowest BCUT2D eigenvalue weighted by molar-refractivity contribution is 0.103. The molecule has 3 aliphatic heterocycles. The average molecular weight is 271 g/mol. The second-order valence-corrected chi connectivity index (χ2v) is 5.59. The largest absolute Gasteiger partial charge is 0.494 e. The standard InChI is InChI=1S/C17H21NO2/c1-2-20-16-5-3-14(4-6-16)17(19)12-15-11-13-7-9-18(15)10-8-13/h3-6,12-13H,2,7-11H2,1H3/b15-12+. The van der Waals surface area contributed by atoms with Gasteiger partial charge in [0, 0.05) is 30.4 Å². The summed E-state index contributed by atoms with van der Waals surface area (Å²) in [5.41, 5.74) is 1.97.